The first-order chi connectivity index (χ1) is 14.5. The minimum absolute atomic E-state index is 0.0450. The predicted octanol–water partition coefficient (Wildman–Crippen LogP) is 5.13. The molecule has 0 unspecified atom stereocenters. The summed E-state index contributed by atoms with van der Waals surface area (Å²) in [6, 6.07) is 19.0. The second-order valence-electron chi connectivity index (χ2n) is 6.52. The summed E-state index contributed by atoms with van der Waals surface area (Å²) in [5.41, 5.74) is 1.87. The SMILES string of the molecule is CCOc1ccc(C(=O)Nc2cccc([N+](=O)[O-])c2C)cc1COc1ccccc1. The van der Waals surface area contributed by atoms with Crippen molar-refractivity contribution in [3.8, 4) is 11.5 Å². The average Bonchev–Trinajstić information content (AvgIpc) is 2.75. The summed E-state index contributed by atoms with van der Waals surface area (Å²) in [6.45, 7) is 4.20. The van der Waals surface area contributed by atoms with Gasteiger partial charge >= 0.3 is 0 Å². The van der Waals surface area contributed by atoms with E-state index in [0.29, 0.717) is 34.9 Å². The average molecular weight is 406 g/mol. The van der Waals surface area contributed by atoms with E-state index < -0.39 is 4.92 Å². The lowest BCUT2D eigenvalue weighted by molar-refractivity contribution is -0.385. The summed E-state index contributed by atoms with van der Waals surface area (Å²) in [5.74, 6) is 0.973. The number of nitro benzene ring substituents is 1. The number of benzene rings is 3. The van der Waals surface area contributed by atoms with Crippen LogP contribution in [-0.4, -0.2) is 17.4 Å². The van der Waals surface area contributed by atoms with Gasteiger partial charge in [0.05, 0.1) is 22.8 Å². The zero-order valence-corrected chi connectivity index (χ0v) is 16.8. The fourth-order valence-corrected chi connectivity index (χ4v) is 2.96. The summed E-state index contributed by atoms with van der Waals surface area (Å²) >= 11 is 0. The van der Waals surface area contributed by atoms with Crippen molar-refractivity contribution in [3.05, 3.63) is 93.5 Å². The van der Waals surface area contributed by atoms with E-state index >= 15 is 0 Å². The maximum absolute atomic E-state index is 12.8. The number of carbonyl (C=O) groups is 1. The highest BCUT2D eigenvalue weighted by Crippen LogP contribution is 2.27. The van der Waals surface area contributed by atoms with Crippen LogP contribution in [0.2, 0.25) is 0 Å². The molecule has 0 spiro atoms. The Morgan fingerprint density at radius 2 is 1.80 bits per heavy atom. The van der Waals surface area contributed by atoms with Gasteiger partial charge < -0.3 is 14.8 Å². The van der Waals surface area contributed by atoms with Gasteiger partial charge in [-0.1, -0.05) is 24.3 Å². The van der Waals surface area contributed by atoms with Crippen molar-refractivity contribution in [2.45, 2.75) is 20.5 Å². The van der Waals surface area contributed by atoms with Crippen LogP contribution in [0.15, 0.2) is 66.7 Å². The summed E-state index contributed by atoms with van der Waals surface area (Å²) in [4.78, 5) is 23.4. The molecule has 7 nitrogen and oxygen atoms in total. The molecule has 1 N–H and O–H groups in total. The standard InChI is InChI=1S/C23H22N2O5/c1-3-29-22-13-12-17(14-18(22)15-30-19-8-5-4-6-9-19)23(26)24-20-10-7-11-21(16(20)2)25(27)28/h4-14H,3,15H2,1-2H3,(H,24,26). The summed E-state index contributed by atoms with van der Waals surface area (Å²) in [6.07, 6.45) is 0. The van der Waals surface area contributed by atoms with Crippen LogP contribution in [0.25, 0.3) is 0 Å². The number of nitrogens with one attached hydrogen (secondary N) is 1. The van der Waals surface area contributed by atoms with Crippen molar-refractivity contribution < 1.29 is 19.2 Å². The molecular formula is C23H22N2O5. The lowest BCUT2D eigenvalue weighted by atomic mass is 10.1. The minimum Gasteiger partial charge on any atom is -0.493 e. The van der Waals surface area contributed by atoms with E-state index in [-0.39, 0.29) is 18.2 Å². The highest BCUT2D eigenvalue weighted by atomic mass is 16.6. The van der Waals surface area contributed by atoms with Gasteiger partial charge in [-0.15, -0.1) is 0 Å². The van der Waals surface area contributed by atoms with Gasteiger partial charge in [0.1, 0.15) is 18.1 Å². The highest BCUT2D eigenvalue weighted by Gasteiger charge is 2.17. The van der Waals surface area contributed by atoms with Crippen LogP contribution in [0, 0.1) is 17.0 Å². The first-order valence-electron chi connectivity index (χ1n) is 9.48. The molecule has 0 atom stereocenters. The second-order valence-corrected chi connectivity index (χ2v) is 6.52. The van der Waals surface area contributed by atoms with E-state index in [0.717, 1.165) is 5.56 Å². The van der Waals surface area contributed by atoms with Crippen LogP contribution in [0.3, 0.4) is 0 Å². The monoisotopic (exact) mass is 406 g/mol. The Bertz CT molecular complexity index is 1050. The van der Waals surface area contributed by atoms with Crippen LogP contribution in [0.5, 0.6) is 11.5 Å². The lowest BCUT2D eigenvalue weighted by Gasteiger charge is -2.14. The Kier molecular flexibility index (Phi) is 6.64. The number of amides is 1. The van der Waals surface area contributed by atoms with E-state index in [1.807, 2.05) is 37.3 Å². The van der Waals surface area contributed by atoms with E-state index in [9.17, 15) is 14.9 Å². The third-order valence-electron chi connectivity index (χ3n) is 4.51. The molecule has 0 saturated heterocycles. The largest absolute Gasteiger partial charge is 0.493 e. The van der Waals surface area contributed by atoms with Crippen molar-refractivity contribution >= 4 is 17.3 Å². The smallest absolute Gasteiger partial charge is 0.274 e. The Morgan fingerprint density at radius 1 is 1.03 bits per heavy atom. The second kappa shape index (κ2) is 9.56. The molecule has 0 aromatic heterocycles. The fraction of sp³-hybridized carbons (Fsp3) is 0.174. The number of ether oxygens (including phenoxy) is 2. The molecule has 0 heterocycles. The first kappa shape index (κ1) is 20.9. The number of carbonyl (C=O) groups excluding carboxylic acids is 1. The molecule has 3 aromatic carbocycles. The first-order valence-corrected chi connectivity index (χ1v) is 9.48. The molecular weight excluding hydrogens is 384 g/mol. The maximum atomic E-state index is 12.8. The molecule has 3 aromatic rings. The molecule has 0 aliphatic carbocycles. The van der Waals surface area contributed by atoms with Crippen molar-refractivity contribution in [3.63, 3.8) is 0 Å². The number of hydrogen-bond donors (Lipinski definition) is 1. The van der Waals surface area contributed by atoms with Gasteiger partial charge in [-0.2, -0.15) is 0 Å². The van der Waals surface area contributed by atoms with Crippen LogP contribution < -0.4 is 14.8 Å². The van der Waals surface area contributed by atoms with Gasteiger partial charge in [-0.25, -0.2) is 0 Å². The zero-order valence-electron chi connectivity index (χ0n) is 16.8. The van der Waals surface area contributed by atoms with Crippen molar-refractivity contribution in [1.82, 2.24) is 0 Å². The number of rotatable bonds is 8. The van der Waals surface area contributed by atoms with Crippen LogP contribution in [0.1, 0.15) is 28.4 Å². The van der Waals surface area contributed by atoms with Gasteiger partial charge in [-0.05, 0) is 50.2 Å². The van der Waals surface area contributed by atoms with Crippen LogP contribution >= 0.6 is 0 Å². The number of hydrogen-bond acceptors (Lipinski definition) is 5. The summed E-state index contributed by atoms with van der Waals surface area (Å²) in [7, 11) is 0. The Labute approximate surface area is 174 Å². The maximum Gasteiger partial charge on any atom is 0.274 e. The Hall–Kier alpha value is -3.87. The minimum atomic E-state index is -0.471. The third kappa shape index (κ3) is 4.94. The number of nitro groups is 1. The summed E-state index contributed by atoms with van der Waals surface area (Å²) in [5, 5.41) is 13.9. The van der Waals surface area contributed by atoms with E-state index in [2.05, 4.69) is 5.32 Å². The van der Waals surface area contributed by atoms with Gasteiger partial charge in [-0.3, -0.25) is 14.9 Å². The van der Waals surface area contributed by atoms with Crippen LogP contribution in [0.4, 0.5) is 11.4 Å². The van der Waals surface area contributed by atoms with Gasteiger partial charge in [0, 0.05) is 17.2 Å². The fourth-order valence-electron chi connectivity index (χ4n) is 2.96. The third-order valence-corrected chi connectivity index (χ3v) is 4.51. The van der Waals surface area contributed by atoms with E-state index in [1.54, 1.807) is 31.2 Å². The number of nitrogens with zero attached hydrogens (tertiary/aromatic N) is 1. The van der Waals surface area contributed by atoms with Gasteiger partial charge in [0.15, 0.2) is 0 Å². The molecule has 0 bridgehead atoms. The van der Waals surface area contributed by atoms with Gasteiger partial charge in [0.2, 0.25) is 0 Å². The number of anilines is 1. The van der Waals surface area contributed by atoms with Crippen molar-refractivity contribution in [1.29, 1.82) is 0 Å². The quantitative estimate of drug-likeness (QED) is 0.413. The molecule has 0 aliphatic heterocycles. The highest BCUT2D eigenvalue weighted by molar-refractivity contribution is 6.05. The molecule has 0 radical (unpaired) electrons. The number of para-hydroxylation sites is 1. The van der Waals surface area contributed by atoms with Crippen LogP contribution in [-0.2, 0) is 6.61 Å². The molecule has 0 aliphatic rings. The van der Waals surface area contributed by atoms with E-state index in [1.165, 1.54) is 12.1 Å². The molecule has 30 heavy (non-hydrogen) atoms. The molecule has 0 saturated carbocycles. The van der Waals surface area contributed by atoms with E-state index in [4.69, 9.17) is 9.47 Å². The normalized spacial score (nSPS) is 10.3. The Balaban J connectivity index is 1.82. The molecule has 7 heteroatoms. The topological polar surface area (TPSA) is 90.7 Å². The zero-order chi connectivity index (χ0) is 21.5. The molecule has 0 fully saturated rings. The Morgan fingerprint density at radius 3 is 2.50 bits per heavy atom. The van der Waals surface area contributed by atoms with Crippen molar-refractivity contribution in [2.75, 3.05) is 11.9 Å². The lowest BCUT2D eigenvalue weighted by Crippen LogP contribution is -2.14. The van der Waals surface area contributed by atoms with Crippen molar-refractivity contribution in [2.24, 2.45) is 0 Å². The van der Waals surface area contributed by atoms with Gasteiger partial charge in [0.25, 0.3) is 11.6 Å². The molecule has 154 valence electrons. The predicted molar refractivity (Wildman–Crippen MR) is 114 cm³/mol. The molecule has 1 amide bonds. The molecule has 3 rings (SSSR count). The summed E-state index contributed by atoms with van der Waals surface area (Å²) < 4.78 is 11.5.